The van der Waals surface area contributed by atoms with Crippen LogP contribution in [0.5, 0.6) is 11.5 Å². The number of hydrogen-bond donors (Lipinski definition) is 1. The van der Waals surface area contributed by atoms with E-state index in [1.165, 1.54) is 5.56 Å². The third kappa shape index (κ3) is 2.88. The summed E-state index contributed by atoms with van der Waals surface area (Å²) in [5.74, 6) is 1.74. The van der Waals surface area contributed by atoms with Crippen LogP contribution < -0.4 is 14.8 Å². The molecule has 5 nitrogen and oxygen atoms in total. The van der Waals surface area contributed by atoms with E-state index in [9.17, 15) is 0 Å². The summed E-state index contributed by atoms with van der Waals surface area (Å²) in [5.41, 5.74) is 2.28. The first-order valence-corrected chi connectivity index (χ1v) is 7.37. The van der Waals surface area contributed by atoms with Gasteiger partial charge in [0.2, 0.25) is 0 Å². The van der Waals surface area contributed by atoms with E-state index in [-0.39, 0.29) is 6.04 Å². The number of aryl methyl sites for hydroxylation is 1. The monoisotopic (exact) mass is 287 g/mol. The molecule has 0 amide bonds. The molecule has 1 atom stereocenters. The molecule has 0 bridgehead atoms. The van der Waals surface area contributed by atoms with Crippen molar-refractivity contribution in [3.8, 4) is 11.5 Å². The molecule has 1 aliphatic rings. The van der Waals surface area contributed by atoms with Gasteiger partial charge in [0, 0.05) is 18.2 Å². The first kappa shape index (κ1) is 13.9. The zero-order valence-electron chi connectivity index (χ0n) is 12.5. The Bertz CT molecular complexity index is 609. The third-order valence-electron chi connectivity index (χ3n) is 3.76. The highest BCUT2D eigenvalue weighted by Crippen LogP contribution is 2.35. The molecule has 1 aromatic heterocycles. The molecule has 0 spiro atoms. The molecule has 0 aliphatic carbocycles. The van der Waals surface area contributed by atoms with Crippen LogP contribution in [-0.4, -0.2) is 23.2 Å². The number of ether oxygens (including phenoxy) is 2. The van der Waals surface area contributed by atoms with Crippen molar-refractivity contribution in [2.75, 3.05) is 13.7 Å². The van der Waals surface area contributed by atoms with Crippen molar-refractivity contribution < 1.29 is 9.47 Å². The van der Waals surface area contributed by atoms with Gasteiger partial charge in [0.05, 0.1) is 24.3 Å². The molecule has 112 valence electrons. The number of aromatic nitrogens is 2. The van der Waals surface area contributed by atoms with Gasteiger partial charge < -0.3 is 19.4 Å². The Morgan fingerprint density at radius 2 is 2.38 bits per heavy atom. The lowest BCUT2D eigenvalue weighted by molar-refractivity contribution is 0.289. The number of benzene rings is 1. The maximum Gasteiger partial charge on any atom is 0.130 e. The topological polar surface area (TPSA) is 48.3 Å². The molecule has 2 heterocycles. The van der Waals surface area contributed by atoms with E-state index in [0.29, 0.717) is 13.2 Å². The van der Waals surface area contributed by atoms with Crippen LogP contribution >= 0.6 is 0 Å². The standard InChI is InChI=1S/C16H21N3O2/c1-3-6-19-11-18-8-12(19)9-20-13-4-5-14-15(17-2)10-21-16(14)7-13/h4-5,7-8,11,15,17H,3,6,9-10H2,1-2H3. The second-order valence-electron chi connectivity index (χ2n) is 5.22. The van der Waals surface area contributed by atoms with E-state index in [1.54, 1.807) is 0 Å². The number of fused-ring (bicyclic) bond motifs is 1. The first-order chi connectivity index (χ1) is 10.3. The van der Waals surface area contributed by atoms with Gasteiger partial charge in [0.1, 0.15) is 24.7 Å². The van der Waals surface area contributed by atoms with Crippen molar-refractivity contribution in [3.63, 3.8) is 0 Å². The lowest BCUT2D eigenvalue weighted by atomic mass is 10.1. The highest BCUT2D eigenvalue weighted by molar-refractivity contribution is 5.45. The predicted octanol–water partition coefficient (Wildman–Crippen LogP) is 2.53. The van der Waals surface area contributed by atoms with Crippen molar-refractivity contribution in [1.82, 2.24) is 14.9 Å². The van der Waals surface area contributed by atoms with Crippen molar-refractivity contribution >= 4 is 0 Å². The second-order valence-corrected chi connectivity index (χ2v) is 5.22. The molecule has 3 rings (SSSR count). The van der Waals surface area contributed by atoms with Gasteiger partial charge in [-0.25, -0.2) is 4.98 Å². The first-order valence-electron chi connectivity index (χ1n) is 7.37. The Balaban J connectivity index is 1.67. The van der Waals surface area contributed by atoms with Crippen LogP contribution in [0.4, 0.5) is 0 Å². The van der Waals surface area contributed by atoms with E-state index in [1.807, 2.05) is 31.7 Å². The molecule has 1 aliphatic heterocycles. The van der Waals surface area contributed by atoms with Crippen molar-refractivity contribution in [3.05, 3.63) is 42.0 Å². The Kier molecular flexibility index (Phi) is 4.10. The summed E-state index contributed by atoms with van der Waals surface area (Å²) in [6, 6.07) is 6.31. The van der Waals surface area contributed by atoms with Crippen LogP contribution in [0, 0.1) is 0 Å². The van der Waals surface area contributed by atoms with Crippen LogP contribution in [0.25, 0.3) is 0 Å². The van der Waals surface area contributed by atoms with E-state index >= 15 is 0 Å². The number of nitrogens with one attached hydrogen (secondary N) is 1. The minimum absolute atomic E-state index is 0.278. The predicted molar refractivity (Wildman–Crippen MR) is 80.6 cm³/mol. The fourth-order valence-corrected chi connectivity index (χ4v) is 2.59. The highest BCUT2D eigenvalue weighted by Gasteiger charge is 2.22. The Labute approximate surface area is 124 Å². The van der Waals surface area contributed by atoms with Gasteiger partial charge in [-0.1, -0.05) is 6.92 Å². The largest absolute Gasteiger partial charge is 0.491 e. The lowest BCUT2D eigenvalue weighted by Crippen LogP contribution is -2.17. The zero-order chi connectivity index (χ0) is 14.7. The smallest absolute Gasteiger partial charge is 0.130 e. The Hall–Kier alpha value is -2.01. The summed E-state index contributed by atoms with van der Waals surface area (Å²) in [7, 11) is 1.95. The van der Waals surface area contributed by atoms with Gasteiger partial charge in [-0.15, -0.1) is 0 Å². The van der Waals surface area contributed by atoms with Crippen LogP contribution in [0.2, 0.25) is 0 Å². The summed E-state index contributed by atoms with van der Waals surface area (Å²) >= 11 is 0. The van der Waals surface area contributed by atoms with Gasteiger partial charge in [-0.05, 0) is 25.6 Å². The van der Waals surface area contributed by atoms with Gasteiger partial charge in [-0.2, -0.15) is 0 Å². The zero-order valence-corrected chi connectivity index (χ0v) is 12.5. The minimum atomic E-state index is 0.278. The normalized spacial score (nSPS) is 16.6. The van der Waals surface area contributed by atoms with Gasteiger partial charge >= 0.3 is 0 Å². The lowest BCUT2D eigenvalue weighted by Gasteiger charge is -2.10. The molecule has 2 aromatic rings. The molecule has 1 aromatic carbocycles. The molecule has 1 unspecified atom stereocenters. The SMILES string of the molecule is CCCn1cncc1COc1ccc2c(c1)OCC2NC. The quantitative estimate of drug-likeness (QED) is 0.887. The molecule has 0 saturated heterocycles. The van der Waals surface area contributed by atoms with Gasteiger partial charge in [-0.3, -0.25) is 0 Å². The van der Waals surface area contributed by atoms with Crippen molar-refractivity contribution in [2.45, 2.75) is 32.5 Å². The molecule has 0 fully saturated rings. The number of hydrogen-bond acceptors (Lipinski definition) is 4. The fourth-order valence-electron chi connectivity index (χ4n) is 2.59. The minimum Gasteiger partial charge on any atom is -0.491 e. The fraction of sp³-hybridized carbons (Fsp3) is 0.438. The van der Waals surface area contributed by atoms with E-state index in [4.69, 9.17) is 9.47 Å². The van der Waals surface area contributed by atoms with Crippen molar-refractivity contribution in [2.24, 2.45) is 0 Å². The van der Waals surface area contributed by atoms with Crippen LogP contribution in [0.15, 0.2) is 30.7 Å². The van der Waals surface area contributed by atoms with Crippen LogP contribution in [-0.2, 0) is 13.2 Å². The molecule has 0 radical (unpaired) electrons. The van der Waals surface area contributed by atoms with Gasteiger partial charge in [0.25, 0.3) is 0 Å². The molecular formula is C16H21N3O2. The summed E-state index contributed by atoms with van der Waals surface area (Å²) in [4.78, 5) is 4.18. The van der Waals surface area contributed by atoms with Gasteiger partial charge in [0.15, 0.2) is 0 Å². The second kappa shape index (κ2) is 6.18. The van der Waals surface area contributed by atoms with Crippen LogP contribution in [0.3, 0.4) is 0 Å². The summed E-state index contributed by atoms with van der Waals surface area (Å²) in [6.07, 6.45) is 4.80. The summed E-state index contributed by atoms with van der Waals surface area (Å²) in [5, 5.41) is 3.24. The molecule has 5 heteroatoms. The number of likely N-dealkylation sites (N-methyl/N-ethyl adjacent to an activating group) is 1. The Morgan fingerprint density at radius 3 is 3.19 bits per heavy atom. The van der Waals surface area contributed by atoms with E-state index < -0.39 is 0 Å². The molecule has 0 saturated carbocycles. The maximum absolute atomic E-state index is 5.87. The van der Waals surface area contributed by atoms with Crippen molar-refractivity contribution in [1.29, 1.82) is 0 Å². The molecule has 21 heavy (non-hydrogen) atoms. The van der Waals surface area contributed by atoms with E-state index in [2.05, 4.69) is 27.9 Å². The average Bonchev–Trinajstić information content (AvgIpc) is 3.11. The maximum atomic E-state index is 5.87. The average molecular weight is 287 g/mol. The Morgan fingerprint density at radius 1 is 1.48 bits per heavy atom. The molecular weight excluding hydrogens is 266 g/mol. The van der Waals surface area contributed by atoms with Crippen LogP contribution in [0.1, 0.15) is 30.6 Å². The summed E-state index contributed by atoms with van der Waals surface area (Å²) in [6.45, 7) is 4.32. The number of rotatable bonds is 6. The number of nitrogens with zero attached hydrogens (tertiary/aromatic N) is 2. The molecule has 1 N–H and O–H groups in total. The summed E-state index contributed by atoms with van der Waals surface area (Å²) < 4.78 is 13.7. The van der Waals surface area contributed by atoms with E-state index in [0.717, 1.165) is 30.2 Å². The third-order valence-corrected chi connectivity index (χ3v) is 3.76. The highest BCUT2D eigenvalue weighted by atomic mass is 16.5. The number of imidazole rings is 1.